The first-order chi connectivity index (χ1) is 15.4. The van der Waals surface area contributed by atoms with Crippen LogP contribution >= 0.6 is 11.8 Å². The zero-order valence-electron chi connectivity index (χ0n) is 18.0. The second kappa shape index (κ2) is 10.6. The molecule has 0 spiro atoms. The molecule has 3 rings (SSSR count). The molecule has 0 fully saturated rings. The van der Waals surface area contributed by atoms with Gasteiger partial charge in [0.1, 0.15) is 0 Å². The van der Waals surface area contributed by atoms with Gasteiger partial charge in [0, 0.05) is 16.1 Å². The van der Waals surface area contributed by atoms with E-state index in [9.17, 15) is 14.4 Å². The standard InChI is InChI=1S/C25H24N2O4S/c1-16-9-4-5-12-20(16)24(29)26-18-10-8-11-19(15-18)32-17(2)23(28)27-22-14-7-6-13-21(22)25(30)31-3/h4-15,17H,1-3H3,(H,26,29)(H,27,28). The number of thioether (sulfide) groups is 1. The lowest BCUT2D eigenvalue weighted by molar-refractivity contribution is -0.115. The van der Waals surface area contributed by atoms with Gasteiger partial charge in [-0.25, -0.2) is 4.79 Å². The first-order valence-electron chi connectivity index (χ1n) is 10.0. The molecular formula is C25H24N2O4S. The summed E-state index contributed by atoms with van der Waals surface area (Å²) in [6, 6.07) is 21.4. The fourth-order valence-electron chi connectivity index (χ4n) is 3.05. The largest absolute Gasteiger partial charge is 0.465 e. The van der Waals surface area contributed by atoms with E-state index < -0.39 is 11.2 Å². The molecule has 6 nitrogen and oxygen atoms in total. The van der Waals surface area contributed by atoms with Crippen molar-refractivity contribution in [3.63, 3.8) is 0 Å². The minimum Gasteiger partial charge on any atom is -0.465 e. The van der Waals surface area contributed by atoms with Gasteiger partial charge in [0.05, 0.1) is 23.6 Å². The van der Waals surface area contributed by atoms with Crippen molar-refractivity contribution in [3.8, 4) is 0 Å². The number of carbonyl (C=O) groups is 3. The Balaban J connectivity index is 1.66. The van der Waals surface area contributed by atoms with E-state index in [2.05, 4.69) is 10.6 Å². The van der Waals surface area contributed by atoms with E-state index in [4.69, 9.17) is 4.74 Å². The maximum Gasteiger partial charge on any atom is 0.339 e. The molecule has 2 N–H and O–H groups in total. The predicted octanol–water partition coefficient (Wildman–Crippen LogP) is 5.15. The molecule has 3 aromatic carbocycles. The van der Waals surface area contributed by atoms with Crippen LogP contribution < -0.4 is 10.6 Å². The van der Waals surface area contributed by atoms with Crippen molar-refractivity contribution in [3.05, 3.63) is 89.5 Å². The van der Waals surface area contributed by atoms with Crippen molar-refractivity contribution in [2.75, 3.05) is 17.7 Å². The van der Waals surface area contributed by atoms with Crippen LogP contribution in [0.2, 0.25) is 0 Å². The van der Waals surface area contributed by atoms with Crippen LogP contribution in [-0.4, -0.2) is 30.1 Å². The predicted molar refractivity (Wildman–Crippen MR) is 127 cm³/mol. The minimum atomic E-state index is -0.515. The number of aryl methyl sites for hydroxylation is 1. The third-order valence-corrected chi connectivity index (χ3v) is 5.85. The highest BCUT2D eigenvalue weighted by atomic mass is 32.2. The monoisotopic (exact) mass is 448 g/mol. The maximum atomic E-state index is 12.7. The maximum absolute atomic E-state index is 12.7. The molecule has 0 aliphatic rings. The molecule has 0 saturated heterocycles. The highest BCUT2D eigenvalue weighted by molar-refractivity contribution is 8.00. The van der Waals surface area contributed by atoms with E-state index in [0.29, 0.717) is 22.5 Å². The number of hydrogen-bond donors (Lipinski definition) is 2. The number of nitrogens with one attached hydrogen (secondary N) is 2. The second-order valence-electron chi connectivity index (χ2n) is 7.08. The average Bonchev–Trinajstić information content (AvgIpc) is 2.79. The van der Waals surface area contributed by atoms with Crippen LogP contribution in [0, 0.1) is 6.92 Å². The van der Waals surface area contributed by atoms with E-state index in [1.165, 1.54) is 18.9 Å². The number of amides is 2. The van der Waals surface area contributed by atoms with E-state index in [1.807, 2.05) is 43.3 Å². The summed E-state index contributed by atoms with van der Waals surface area (Å²) < 4.78 is 4.77. The summed E-state index contributed by atoms with van der Waals surface area (Å²) in [7, 11) is 1.30. The highest BCUT2D eigenvalue weighted by Crippen LogP contribution is 2.27. The van der Waals surface area contributed by atoms with Gasteiger partial charge < -0.3 is 15.4 Å². The van der Waals surface area contributed by atoms with Crippen molar-refractivity contribution in [2.24, 2.45) is 0 Å². The van der Waals surface area contributed by atoms with Crippen molar-refractivity contribution >= 4 is 40.9 Å². The van der Waals surface area contributed by atoms with Gasteiger partial charge in [-0.2, -0.15) is 0 Å². The smallest absolute Gasteiger partial charge is 0.339 e. The summed E-state index contributed by atoms with van der Waals surface area (Å²) in [5.41, 5.74) is 2.85. The first-order valence-corrected chi connectivity index (χ1v) is 10.9. The Kier molecular flexibility index (Phi) is 7.68. The Morgan fingerprint density at radius 3 is 2.28 bits per heavy atom. The zero-order valence-corrected chi connectivity index (χ0v) is 18.9. The fourth-order valence-corrected chi connectivity index (χ4v) is 3.97. The molecule has 164 valence electrons. The van der Waals surface area contributed by atoms with Crippen LogP contribution in [0.3, 0.4) is 0 Å². The lowest BCUT2D eigenvalue weighted by Crippen LogP contribution is -2.23. The van der Waals surface area contributed by atoms with E-state index in [0.717, 1.165) is 10.5 Å². The molecular weight excluding hydrogens is 424 g/mol. The lowest BCUT2D eigenvalue weighted by Gasteiger charge is -2.15. The molecule has 32 heavy (non-hydrogen) atoms. The van der Waals surface area contributed by atoms with Crippen molar-refractivity contribution in [2.45, 2.75) is 24.0 Å². The average molecular weight is 449 g/mol. The quantitative estimate of drug-likeness (QED) is 0.386. The van der Waals surface area contributed by atoms with E-state index >= 15 is 0 Å². The summed E-state index contributed by atoms with van der Waals surface area (Å²) in [5.74, 6) is -0.950. The zero-order chi connectivity index (χ0) is 23.1. The van der Waals surface area contributed by atoms with Crippen LogP contribution in [-0.2, 0) is 9.53 Å². The molecule has 0 heterocycles. The minimum absolute atomic E-state index is 0.185. The normalized spacial score (nSPS) is 11.3. The molecule has 0 bridgehead atoms. The second-order valence-corrected chi connectivity index (χ2v) is 8.50. The van der Waals surface area contributed by atoms with Gasteiger partial charge in [-0.3, -0.25) is 9.59 Å². The number of hydrogen-bond acceptors (Lipinski definition) is 5. The number of carbonyl (C=O) groups excluding carboxylic acids is 3. The molecule has 0 radical (unpaired) electrons. The molecule has 0 saturated carbocycles. The van der Waals surface area contributed by atoms with E-state index in [1.54, 1.807) is 43.3 Å². The van der Waals surface area contributed by atoms with Crippen LogP contribution in [0.25, 0.3) is 0 Å². The summed E-state index contributed by atoms with van der Waals surface area (Å²) in [6.07, 6.45) is 0. The molecule has 1 unspecified atom stereocenters. The number of esters is 1. The molecule has 1 atom stereocenters. The molecule has 0 aromatic heterocycles. The van der Waals surface area contributed by atoms with Gasteiger partial charge in [-0.15, -0.1) is 11.8 Å². The van der Waals surface area contributed by atoms with Crippen LogP contribution in [0.15, 0.2) is 77.7 Å². The first kappa shape index (κ1) is 23.1. The topological polar surface area (TPSA) is 84.5 Å². The summed E-state index contributed by atoms with van der Waals surface area (Å²) in [5, 5.41) is 5.25. The van der Waals surface area contributed by atoms with Gasteiger partial charge in [-0.05, 0) is 55.8 Å². The lowest BCUT2D eigenvalue weighted by atomic mass is 10.1. The molecule has 2 amide bonds. The third-order valence-electron chi connectivity index (χ3n) is 4.75. The van der Waals surface area contributed by atoms with Gasteiger partial charge >= 0.3 is 5.97 Å². The van der Waals surface area contributed by atoms with Crippen molar-refractivity contribution in [1.82, 2.24) is 0 Å². The Bertz CT molecular complexity index is 1150. The molecule has 0 aliphatic carbocycles. The molecule has 3 aromatic rings. The van der Waals surface area contributed by atoms with Crippen LogP contribution in [0.5, 0.6) is 0 Å². The van der Waals surface area contributed by atoms with Crippen molar-refractivity contribution in [1.29, 1.82) is 0 Å². The van der Waals surface area contributed by atoms with Gasteiger partial charge in [0.15, 0.2) is 0 Å². The summed E-state index contributed by atoms with van der Waals surface area (Å²) in [4.78, 5) is 38.0. The Hall–Kier alpha value is -3.58. The number of benzene rings is 3. The number of anilines is 2. The van der Waals surface area contributed by atoms with Crippen LogP contribution in [0.4, 0.5) is 11.4 Å². The fraction of sp³-hybridized carbons (Fsp3) is 0.160. The molecule has 0 aliphatic heterocycles. The Morgan fingerprint density at radius 1 is 0.875 bits per heavy atom. The molecule has 7 heteroatoms. The summed E-state index contributed by atoms with van der Waals surface area (Å²) >= 11 is 1.35. The highest BCUT2D eigenvalue weighted by Gasteiger charge is 2.19. The van der Waals surface area contributed by atoms with E-state index in [-0.39, 0.29) is 11.8 Å². The Morgan fingerprint density at radius 2 is 1.56 bits per heavy atom. The summed E-state index contributed by atoms with van der Waals surface area (Å²) in [6.45, 7) is 3.67. The van der Waals surface area contributed by atoms with Crippen LogP contribution in [0.1, 0.15) is 33.2 Å². The van der Waals surface area contributed by atoms with Gasteiger partial charge in [-0.1, -0.05) is 36.4 Å². The number of ether oxygens (including phenoxy) is 1. The van der Waals surface area contributed by atoms with Crippen molar-refractivity contribution < 1.29 is 19.1 Å². The number of rotatable bonds is 7. The SMILES string of the molecule is COC(=O)c1ccccc1NC(=O)C(C)Sc1cccc(NC(=O)c2ccccc2C)c1. The number of para-hydroxylation sites is 1. The Labute approximate surface area is 191 Å². The number of methoxy groups -OCH3 is 1. The van der Waals surface area contributed by atoms with Gasteiger partial charge in [0.25, 0.3) is 5.91 Å². The third kappa shape index (κ3) is 5.76. The van der Waals surface area contributed by atoms with Gasteiger partial charge in [0.2, 0.25) is 5.91 Å².